The van der Waals surface area contributed by atoms with Gasteiger partial charge in [0.1, 0.15) is 0 Å². The van der Waals surface area contributed by atoms with Gasteiger partial charge >= 0.3 is 6.18 Å². The molecule has 0 fully saturated rings. The third-order valence-corrected chi connectivity index (χ3v) is 2.48. The molecule has 96 valence electrons. The minimum atomic E-state index is -4.28. The fraction of sp³-hybridized carbons (Fsp3) is 0.250. The van der Waals surface area contributed by atoms with Gasteiger partial charge in [0.05, 0.1) is 17.4 Å². The van der Waals surface area contributed by atoms with Gasteiger partial charge in [0.2, 0.25) is 0 Å². The van der Waals surface area contributed by atoms with E-state index in [9.17, 15) is 13.2 Å². The first-order chi connectivity index (χ1) is 8.45. The molecule has 0 saturated carbocycles. The van der Waals surface area contributed by atoms with Crippen molar-refractivity contribution in [1.82, 2.24) is 9.78 Å². The minimum Gasteiger partial charge on any atom is -0.378 e. The van der Waals surface area contributed by atoms with Crippen LogP contribution in [0.1, 0.15) is 11.1 Å². The molecule has 1 aromatic carbocycles. The highest BCUT2D eigenvalue weighted by atomic mass is 19.4. The molecule has 0 radical (unpaired) electrons. The molecule has 0 aliphatic rings. The fourth-order valence-corrected chi connectivity index (χ4v) is 1.53. The molecule has 1 aromatic heterocycles. The third kappa shape index (κ3) is 3.03. The maximum Gasteiger partial charge on any atom is 0.416 e. The second kappa shape index (κ2) is 4.72. The standard InChI is InChI=1S/C12H12F3N3/c1-18-8-11(7-17-18)16-6-9-2-4-10(5-3-9)12(13,14)15/h2-5,7-8,16H,6H2,1H3. The van der Waals surface area contributed by atoms with E-state index in [0.717, 1.165) is 23.4 Å². The molecule has 2 aromatic rings. The molecule has 2 rings (SSSR count). The van der Waals surface area contributed by atoms with Gasteiger partial charge in [-0.2, -0.15) is 18.3 Å². The summed E-state index contributed by atoms with van der Waals surface area (Å²) in [7, 11) is 1.79. The van der Waals surface area contributed by atoms with Crippen LogP contribution < -0.4 is 5.32 Å². The average molecular weight is 255 g/mol. The monoisotopic (exact) mass is 255 g/mol. The third-order valence-electron chi connectivity index (χ3n) is 2.48. The number of nitrogens with zero attached hydrogens (tertiary/aromatic N) is 2. The zero-order chi connectivity index (χ0) is 13.2. The average Bonchev–Trinajstić information content (AvgIpc) is 2.72. The van der Waals surface area contributed by atoms with E-state index < -0.39 is 11.7 Å². The Morgan fingerprint density at radius 3 is 2.39 bits per heavy atom. The van der Waals surface area contributed by atoms with E-state index in [2.05, 4.69) is 10.4 Å². The number of aromatic nitrogens is 2. The number of benzene rings is 1. The van der Waals surface area contributed by atoms with Gasteiger partial charge in [-0.3, -0.25) is 4.68 Å². The Bertz CT molecular complexity index is 514. The summed E-state index contributed by atoms with van der Waals surface area (Å²) in [5.41, 5.74) is 0.983. The summed E-state index contributed by atoms with van der Waals surface area (Å²) in [6, 6.07) is 5.10. The smallest absolute Gasteiger partial charge is 0.378 e. The van der Waals surface area contributed by atoms with Gasteiger partial charge in [-0.15, -0.1) is 0 Å². The van der Waals surface area contributed by atoms with E-state index in [-0.39, 0.29) is 0 Å². The Balaban J connectivity index is 1.98. The second-order valence-electron chi connectivity index (χ2n) is 3.95. The summed E-state index contributed by atoms with van der Waals surface area (Å²) in [6.07, 6.45) is -0.830. The van der Waals surface area contributed by atoms with Gasteiger partial charge in [-0.05, 0) is 17.7 Å². The zero-order valence-corrected chi connectivity index (χ0v) is 9.70. The molecule has 3 nitrogen and oxygen atoms in total. The minimum absolute atomic E-state index is 0.462. The van der Waals surface area contributed by atoms with Gasteiger partial charge in [0.25, 0.3) is 0 Å². The Morgan fingerprint density at radius 1 is 1.22 bits per heavy atom. The molecule has 1 N–H and O–H groups in total. The van der Waals surface area contributed by atoms with Crippen molar-refractivity contribution in [1.29, 1.82) is 0 Å². The van der Waals surface area contributed by atoms with Crippen LogP contribution in [0.2, 0.25) is 0 Å². The predicted octanol–water partition coefficient (Wildman–Crippen LogP) is 3.05. The van der Waals surface area contributed by atoms with Gasteiger partial charge < -0.3 is 5.32 Å². The van der Waals surface area contributed by atoms with Crippen molar-refractivity contribution in [3.63, 3.8) is 0 Å². The van der Waals surface area contributed by atoms with Crippen molar-refractivity contribution < 1.29 is 13.2 Å². The lowest BCUT2D eigenvalue weighted by Gasteiger charge is -2.08. The van der Waals surface area contributed by atoms with Crippen LogP contribution in [-0.4, -0.2) is 9.78 Å². The molecule has 18 heavy (non-hydrogen) atoms. The van der Waals surface area contributed by atoms with Crippen molar-refractivity contribution in [2.75, 3.05) is 5.32 Å². The quantitative estimate of drug-likeness (QED) is 0.913. The van der Waals surface area contributed by atoms with E-state index in [1.54, 1.807) is 24.1 Å². The van der Waals surface area contributed by atoms with E-state index in [0.29, 0.717) is 6.54 Å². The van der Waals surface area contributed by atoms with Gasteiger partial charge in [0, 0.05) is 19.8 Å². The Morgan fingerprint density at radius 2 is 1.89 bits per heavy atom. The maximum atomic E-state index is 12.3. The number of hydrogen-bond acceptors (Lipinski definition) is 2. The molecule has 0 spiro atoms. The zero-order valence-electron chi connectivity index (χ0n) is 9.70. The van der Waals surface area contributed by atoms with Crippen LogP contribution in [0.3, 0.4) is 0 Å². The number of hydrogen-bond donors (Lipinski definition) is 1. The van der Waals surface area contributed by atoms with Crippen LogP contribution in [0.25, 0.3) is 0 Å². The molecule has 0 aliphatic heterocycles. The molecule has 0 bridgehead atoms. The molecule has 0 atom stereocenters. The normalized spacial score (nSPS) is 11.6. The highest BCUT2D eigenvalue weighted by Crippen LogP contribution is 2.29. The van der Waals surface area contributed by atoms with Crippen molar-refractivity contribution in [3.8, 4) is 0 Å². The first-order valence-electron chi connectivity index (χ1n) is 5.34. The lowest BCUT2D eigenvalue weighted by Crippen LogP contribution is -2.05. The fourth-order valence-electron chi connectivity index (χ4n) is 1.53. The second-order valence-corrected chi connectivity index (χ2v) is 3.95. The number of nitrogens with one attached hydrogen (secondary N) is 1. The van der Waals surface area contributed by atoms with Gasteiger partial charge in [0.15, 0.2) is 0 Å². The lowest BCUT2D eigenvalue weighted by atomic mass is 10.1. The summed E-state index contributed by atoms with van der Waals surface area (Å²) in [5.74, 6) is 0. The molecule has 0 unspecified atom stereocenters. The topological polar surface area (TPSA) is 29.9 Å². The number of alkyl halides is 3. The van der Waals surface area contributed by atoms with Crippen LogP contribution in [0.15, 0.2) is 36.7 Å². The number of halogens is 3. The molecule has 6 heteroatoms. The molecule has 0 amide bonds. The van der Waals surface area contributed by atoms with Crippen molar-refractivity contribution >= 4 is 5.69 Å². The van der Waals surface area contributed by atoms with Crippen molar-refractivity contribution in [2.45, 2.75) is 12.7 Å². The van der Waals surface area contributed by atoms with Crippen molar-refractivity contribution in [2.24, 2.45) is 7.05 Å². The van der Waals surface area contributed by atoms with E-state index in [4.69, 9.17) is 0 Å². The predicted molar refractivity (Wildman–Crippen MR) is 62.0 cm³/mol. The maximum absolute atomic E-state index is 12.3. The Hall–Kier alpha value is -1.98. The summed E-state index contributed by atoms with van der Waals surface area (Å²) < 4.78 is 38.7. The Labute approximate surface area is 102 Å². The highest BCUT2D eigenvalue weighted by molar-refractivity contribution is 5.39. The molecular weight excluding hydrogens is 243 g/mol. The number of aryl methyl sites for hydroxylation is 1. The molecule has 0 saturated heterocycles. The van der Waals surface area contributed by atoms with Crippen LogP contribution in [0.5, 0.6) is 0 Å². The van der Waals surface area contributed by atoms with E-state index in [1.807, 2.05) is 0 Å². The summed E-state index contributed by atoms with van der Waals surface area (Å²) >= 11 is 0. The largest absolute Gasteiger partial charge is 0.416 e. The SMILES string of the molecule is Cn1cc(NCc2ccc(C(F)(F)F)cc2)cn1. The summed E-state index contributed by atoms with van der Waals surface area (Å²) in [4.78, 5) is 0. The van der Waals surface area contributed by atoms with Crippen LogP contribution in [0, 0.1) is 0 Å². The van der Waals surface area contributed by atoms with E-state index >= 15 is 0 Å². The summed E-state index contributed by atoms with van der Waals surface area (Å²) in [5, 5.41) is 7.06. The van der Waals surface area contributed by atoms with Crippen LogP contribution in [-0.2, 0) is 19.8 Å². The number of anilines is 1. The first kappa shape index (κ1) is 12.5. The van der Waals surface area contributed by atoms with E-state index in [1.165, 1.54) is 12.1 Å². The van der Waals surface area contributed by atoms with Crippen molar-refractivity contribution in [3.05, 3.63) is 47.8 Å². The summed E-state index contributed by atoms with van der Waals surface area (Å²) in [6.45, 7) is 0.462. The van der Waals surface area contributed by atoms with Crippen LogP contribution in [0.4, 0.5) is 18.9 Å². The lowest BCUT2D eigenvalue weighted by molar-refractivity contribution is -0.137. The highest BCUT2D eigenvalue weighted by Gasteiger charge is 2.29. The first-order valence-corrected chi connectivity index (χ1v) is 5.34. The van der Waals surface area contributed by atoms with Crippen LogP contribution >= 0.6 is 0 Å². The van der Waals surface area contributed by atoms with Gasteiger partial charge in [-0.25, -0.2) is 0 Å². The Kier molecular flexibility index (Phi) is 3.27. The number of rotatable bonds is 3. The molecule has 1 heterocycles. The molecule has 0 aliphatic carbocycles. The van der Waals surface area contributed by atoms with Gasteiger partial charge in [-0.1, -0.05) is 12.1 Å². The molecular formula is C12H12F3N3.